The molecule has 110 valence electrons. The van der Waals surface area contributed by atoms with Crippen LogP contribution in [0.5, 0.6) is 0 Å². The lowest BCUT2D eigenvalue weighted by Gasteiger charge is -2.19. The molecule has 4 heteroatoms. The second kappa shape index (κ2) is 6.99. The fourth-order valence-electron chi connectivity index (χ4n) is 2.23. The van der Waals surface area contributed by atoms with Gasteiger partial charge in [0.1, 0.15) is 0 Å². The van der Waals surface area contributed by atoms with Crippen molar-refractivity contribution in [3.63, 3.8) is 0 Å². The quantitative estimate of drug-likeness (QED) is 0.858. The highest BCUT2D eigenvalue weighted by Crippen LogP contribution is 2.15. The van der Waals surface area contributed by atoms with Gasteiger partial charge in [-0.2, -0.15) is 0 Å². The summed E-state index contributed by atoms with van der Waals surface area (Å²) in [5.74, 6) is -0.142. The van der Waals surface area contributed by atoms with E-state index in [9.17, 15) is 4.79 Å². The summed E-state index contributed by atoms with van der Waals surface area (Å²) in [5, 5.41) is 2.92. The van der Waals surface area contributed by atoms with E-state index in [1.807, 2.05) is 51.1 Å². The van der Waals surface area contributed by atoms with Crippen LogP contribution in [0.4, 0.5) is 0 Å². The second-order valence-electron chi connectivity index (χ2n) is 4.97. The first-order valence-corrected chi connectivity index (χ1v) is 7.01. The van der Waals surface area contributed by atoms with Crippen molar-refractivity contribution < 1.29 is 9.53 Å². The van der Waals surface area contributed by atoms with Gasteiger partial charge < -0.3 is 10.1 Å². The molecule has 1 aromatic heterocycles. The van der Waals surface area contributed by atoms with E-state index in [0.717, 1.165) is 16.7 Å². The third kappa shape index (κ3) is 4.13. The Balaban J connectivity index is 2.18. The highest BCUT2D eigenvalue weighted by atomic mass is 16.5. The molecule has 0 aliphatic rings. The van der Waals surface area contributed by atoms with Gasteiger partial charge in [-0.05, 0) is 45.0 Å². The Kier molecular flexibility index (Phi) is 5.06. The average Bonchev–Trinajstić information content (AvgIpc) is 2.46. The second-order valence-corrected chi connectivity index (χ2v) is 4.97. The van der Waals surface area contributed by atoms with Crippen molar-refractivity contribution >= 4 is 5.91 Å². The van der Waals surface area contributed by atoms with E-state index in [-0.39, 0.29) is 5.91 Å². The van der Waals surface area contributed by atoms with E-state index in [4.69, 9.17) is 4.74 Å². The third-order valence-corrected chi connectivity index (χ3v) is 3.09. The summed E-state index contributed by atoms with van der Waals surface area (Å²) in [5.41, 5.74) is 3.66. The molecule has 0 fully saturated rings. The van der Waals surface area contributed by atoms with Gasteiger partial charge in [-0.15, -0.1) is 0 Å². The molecule has 1 atom stereocenters. The van der Waals surface area contributed by atoms with Crippen molar-refractivity contribution in [3.8, 4) is 0 Å². The average molecular weight is 284 g/mol. The molecule has 0 radical (unpaired) electrons. The van der Waals surface area contributed by atoms with Crippen LogP contribution in [0.15, 0.2) is 42.7 Å². The van der Waals surface area contributed by atoms with Crippen molar-refractivity contribution in [2.75, 3.05) is 6.61 Å². The van der Waals surface area contributed by atoms with Gasteiger partial charge in [-0.1, -0.05) is 17.2 Å². The number of nitrogens with one attached hydrogen (secondary N) is 1. The highest BCUT2D eigenvalue weighted by molar-refractivity contribution is 5.94. The Bertz CT molecular complexity index is 591. The van der Waals surface area contributed by atoms with Crippen LogP contribution in [-0.2, 0) is 4.74 Å². The van der Waals surface area contributed by atoms with E-state index in [0.29, 0.717) is 12.2 Å². The van der Waals surface area contributed by atoms with E-state index < -0.39 is 6.23 Å². The molecule has 2 aromatic rings. The van der Waals surface area contributed by atoms with Gasteiger partial charge in [0.05, 0.1) is 0 Å². The summed E-state index contributed by atoms with van der Waals surface area (Å²) in [4.78, 5) is 16.4. The summed E-state index contributed by atoms with van der Waals surface area (Å²) >= 11 is 0. The van der Waals surface area contributed by atoms with Gasteiger partial charge in [0, 0.05) is 30.1 Å². The topological polar surface area (TPSA) is 51.2 Å². The number of pyridine rings is 1. The van der Waals surface area contributed by atoms with Crippen LogP contribution in [0.1, 0.15) is 40.2 Å². The summed E-state index contributed by atoms with van der Waals surface area (Å²) < 4.78 is 5.62. The Labute approximate surface area is 125 Å². The molecule has 0 saturated carbocycles. The van der Waals surface area contributed by atoms with E-state index in [1.165, 1.54) is 0 Å². The first kappa shape index (κ1) is 15.2. The minimum absolute atomic E-state index is 0.142. The lowest BCUT2D eigenvalue weighted by Crippen LogP contribution is -2.30. The first-order valence-electron chi connectivity index (χ1n) is 7.01. The maximum Gasteiger partial charge on any atom is 0.253 e. The number of hydrogen-bond donors (Lipinski definition) is 1. The molecule has 0 aliphatic heterocycles. The smallest absolute Gasteiger partial charge is 0.253 e. The van der Waals surface area contributed by atoms with Gasteiger partial charge >= 0.3 is 0 Å². The predicted molar refractivity (Wildman–Crippen MR) is 82.0 cm³/mol. The van der Waals surface area contributed by atoms with Gasteiger partial charge in [-0.3, -0.25) is 9.78 Å². The number of amides is 1. The minimum Gasteiger partial charge on any atom is -0.354 e. The molecule has 4 nitrogen and oxygen atoms in total. The van der Waals surface area contributed by atoms with E-state index in [2.05, 4.69) is 10.3 Å². The number of benzene rings is 1. The fourth-order valence-corrected chi connectivity index (χ4v) is 2.23. The standard InChI is InChI=1S/C17H20N2O2/c1-4-21-17(14-5-7-18-8-6-14)19-16(20)15-10-12(2)9-13(3)11-15/h5-11,17H,4H2,1-3H3,(H,19,20). The van der Waals surface area contributed by atoms with Crippen LogP contribution in [0.3, 0.4) is 0 Å². The number of carbonyl (C=O) groups is 1. The maximum atomic E-state index is 12.4. The zero-order valence-electron chi connectivity index (χ0n) is 12.6. The number of carbonyl (C=O) groups excluding carboxylic acids is 1. The van der Waals surface area contributed by atoms with Crippen LogP contribution in [-0.4, -0.2) is 17.5 Å². The molecule has 1 amide bonds. The number of ether oxygens (including phenoxy) is 1. The van der Waals surface area contributed by atoms with Gasteiger partial charge in [-0.25, -0.2) is 0 Å². The minimum atomic E-state index is -0.466. The Morgan fingerprint density at radius 1 is 1.19 bits per heavy atom. The molecule has 1 heterocycles. The molecule has 0 bridgehead atoms. The number of aryl methyl sites for hydroxylation is 2. The largest absolute Gasteiger partial charge is 0.354 e. The van der Waals surface area contributed by atoms with Gasteiger partial charge in [0.2, 0.25) is 0 Å². The fraction of sp³-hybridized carbons (Fsp3) is 0.294. The van der Waals surface area contributed by atoms with Crippen molar-refractivity contribution in [2.24, 2.45) is 0 Å². The van der Waals surface area contributed by atoms with Crippen LogP contribution < -0.4 is 5.32 Å². The van der Waals surface area contributed by atoms with Crippen molar-refractivity contribution in [3.05, 3.63) is 65.0 Å². The van der Waals surface area contributed by atoms with Crippen LogP contribution in [0.2, 0.25) is 0 Å². The SMILES string of the molecule is CCOC(NC(=O)c1cc(C)cc(C)c1)c1ccncc1. The lowest BCUT2D eigenvalue weighted by atomic mass is 10.1. The Morgan fingerprint density at radius 2 is 1.81 bits per heavy atom. The summed E-state index contributed by atoms with van der Waals surface area (Å²) in [7, 11) is 0. The Hall–Kier alpha value is -2.20. The van der Waals surface area contributed by atoms with Gasteiger partial charge in [0.25, 0.3) is 5.91 Å². The molecule has 21 heavy (non-hydrogen) atoms. The number of nitrogens with zero attached hydrogens (tertiary/aromatic N) is 1. The van der Waals surface area contributed by atoms with Crippen molar-refractivity contribution in [1.29, 1.82) is 0 Å². The maximum absolute atomic E-state index is 12.4. The van der Waals surface area contributed by atoms with Gasteiger partial charge in [0.15, 0.2) is 6.23 Å². The van der Waals surface area contributed by atoms with Crippen molar-refractivity contribution in [1.82, 2.24) is 10.3 Å². The summed E-state index contributed by atoms with van der Waals surface area (Å²) in [6.07, 6.45) is 2.90. The van der Waals surface area contributed by atoms with E-state index in [1.54, 1.807) is 12.4 Å². The zero-order chi connectivity index (χ0) is 15.2. The highest BCUT2D eigenvalue weighted by Gasteiger charge is 2.16. The van der Waals surface area contributed by atoms with Crippen LogP contribution >= 0.6 is 0 Å². The summed E-state index contributed by atoms with van der Waals surface area (Å²) in [6, 6.07) is 9.46. The summed E-state index contributed by atoms with van der Waals surface area (Å²) in [6.45, 7) is 6.37. The molecular formula is C17H20N2O2. The molecule has 2 rings (SSSR count). The first-order chi connectivity index (χ1) is 10.1. The molecule has 1 unspecified atom stereocenters. The molecule has 0 aliphatic carbocycles. The monoisotopic (exact) mass is 284 g/mol. The van der Waals surface area contributed by atoms with Crippen LogP contribution in [0, 0.1) is 13.8 Å². The predicted octanol–water partition coefficient (Wildman–Crippen LogP) is 3.16. The number of rotatable bonds is 5. The van der Waals surface area contributed by atoms with Crippen LogP contribution in [0.25, 0.3) is 0 Å². The molecule has 0 saturated heterocycles. The number of aromatic nitrogens is 1. The normalized spacial score (nSPS) is 12.0. The zero-order valence-corrected chi connectivity index (χ0v) is 12.6. The van der Waals surface area contributed by atoms with Crippen molar-refractivity contribution in [2.45, 2.75) is 27.0 Å². The molecular weight excluding hydrogens is 264 g/mol. The molecule has 1 aromatic carbocycles. The number of hydrogen-bond acceptors (Lipinski definition) is 3. The third-order valence-electron chi connectivity index (χ3n) is 3.09. The van der Waals surface area contributed by atoms with E-state index >= 15 is 0 Å². The molecule has 0 spiro atoms. The molecule has 1 N–H and O–H groups in total. The lowest BCUT2D eigenvalue weighted by molar-refractivity contribution is 0.0336. The Morgan fingerprint density at radius 3 is 2.38 bits per heavy atom.